The van der Waals surface area contributed by atoms with Crippen LogP contribution in [0.15, 0.2) is 72.8 Å². The van der Waals surface area contributed by atoms with Gasteiger partial charge < -0.3 is 14.2 Å². The van der Waals surface area contributed by atoms with Crippen molar-refractivity contribution < 1.29 is 38.2 Å². The molecule has 38 heavy (non-hydrogen) atoms. The van der Waals surface area contributed by atoms with Gasteiger partial charge in [0.25, 0.3) is 11.8 Å². The molecule has 0 N–H and O–H groups in total. The van der Waals surface area contributed by atoms with E-state index < -0.39 is 48.1 Å². The Balaban J connectivity index is 1.38. The van der Waals surface area contributed by atoms with Gasteiger partial charge in [0.1, 0.15) is 17.5 Å². The smallest absolute Gasteiger partial charge is 0.343 e. The van der Waals surface area contributed by atoms with E-state index in [0.29, 0.717) is 11.3 Å². The maximum Gasteiger partial charge on any atom is 0.343 e. The molecule has 0 unspecified atom stereocenters. The zero-order valence-corrected chi connectivity index (χ0v) is 21.0. The van der Waals surface area contributed by atoms with Crippen molar-refractivity contribution in [2.75, 3.05) is 13.7 Å². The predicted molar refractivity (Wildman–Crippen MR) is 135 cm³/mol. The summed E-state index contributed by atoms with van der Waals surface area (Å²) in [6, 6.07) is 17.4. The van der Waals surface area contributed by atoms with Crippen LogP contribution >= 0.6 is 0 Å². The minimum atomic E-state index is -1.19. The molecule has 0 aliphatic carbocycles. The van der Waals surface area contributed by atoms with Gasteiger partial charge in [0.15, 0.2) is 12.4 Å². The minimum absolute atomic E-state index is 0.219. The molecule has 4 rings (SSSR count). The van der Waals surface area contributed by atoms with E-state index in [0.717, 1.165) is 4.90 Å². The molecule has 2 amide bonds. The molecule has 194 valence electrons. The van der Waals surface area contributed by atoms with Crippen molar-refractivity contribution in [3.8, 4) is 11.5 Å². The number of ketones is 1. The van der Waals surface area contributed by atoms with Crippen LogP contribution in [-0.4, -0.2) is 54.2 Å². The Morgan fingerprint density at radius 3 is 2.00 bits per heavy atom. The number of methoxy groups -OCH3 is 1. The summed E-state index contributed by atoms with van der Waals surface area (Å²) < 4.78 is 15.7. The number of hydrogen-bond donors (Lipinski definition) is 0. The summed E-state index contributed by atoms with van der Waals surface area (Å²) in [6.45, 7) is 2.78. The molecule has 1 heterocycles. The van der Waals surface area contributed by atoms with Gasteiger partial charge in [-0.3, -0.25) is 19.3 Å². The van der Waals surface area contributed by atoms with E-state index in [1.165, 1.54) is 43.5 Å². The van der Waals surface area contributed by atoms with Crippen molar-refractivity contribution in [2.24, 2.45) is 5.92 Å². The zero-order valence-electron chi connectivity index (χ0n) is 21.0. The summed E-state index contributed by atoms with van der Waals surface area (Å²) in [6.07, 6.45) is 0. The van der Waals surface area contributed by atoms with Gasteiger partial charge in [-0.05, 0) is 60.5 Å². The number of imide groups is 1. The van der Waals surface area contributed by atoms with Crippen LogP contribution in [0.3, 0.4) is 0 Å². The molecular weight excluding hydrogens is 490 g/mol. The number of ether oxygens (including phenoxy) is 3. The van der Waals surface area contributed by atoms with Gasteiger partial charge in [0.05, 0.1) is 23.8 Å². The largest absolute Gasteiger partial charge is 0.497 e. The number of Topliss-reactive ketones (excluding diaryl/α,β-unsaturated/α-hetero) is 1. The number of hydrogen-bond acceptors (Lipinski definition) is 8. The van der Waals surface area contributed by atoms with Crippen LogP contribution < -0.4 is 9.47 Å². The van der Waals surface area contributed by atoms with Crippen molar-refractivity contribution >= 4 is 29.5 Å². The summed E-state index contributed by atoms with van der Waals surface area (Å²) in [7, 11) is 1.49. The number of rotatable bonds is 9. The van der Waals surface area contributed by atoms with Gasteiger partial charge >= 0.3 is 11.9 Å². The van der Waals surface area contributed by atoms with E-state index in [1.54, 1.807) is 50.2 Å². The lowest BCUT2D eigenvalue weighted by atomic mass is 10.0. The van der Waals surface area contributed by atoms with Crippen molar-refractivity contribution in [1.29, 1.82) is 0 Å². The number of esters is 2. The second-order valence-electron chi connectivity index (χ2n) is 8.89. The molecule has 3 aromatic rings. The lowest BCUT2D eigenvalue weighted by Crippen LogP contribution is -2.49. The fourth-order valence-corrected chi connectivity index (χ4v) is 4.07. The Labute approximate surface area is 218 Å². The van der Waals surface area contributed by atoms with Gasteiger partial charge in [-0.2, -0.15) is 0 Å². The Kier molecular flexibility index (Phi) is 7.66. The maximum absolute atomic E-state index is 12.9. The molecule has 0 spiro atoms. The number of carbonyl (C=O) groups is 5. The highest BCUT2D eigenvalue weighted by Gasteiger charge is 2.44. The van der Waals surface area contributed by atoms with Crippen LogP contribution in [0, 0.1) is 5.92 Å². The van der Waals surface area contributed by atoms with E-state index in [2.05, 4.69) is 0 Å². The third kappa shape index (κ3) is 5.31. The van der Waals surface area contributed by atoms with Gasteiger partial charge in [-0.1, -0.05) is 32.0 Å². The van der Waals surface area contributed by atoms with E-state index in [4.69, 9.17) is 14.2 Å². The highest BCUT2D eigenvalue weighted by Crippen LogP contribution is 2.28. The molecule has 1 atom stereocenters. The van der Waals surface area contributed by atoms with Crippen LogP contribution in [0.2, 0.25) is 0 Å². The molecule has 0 fully saturated rings. The molecule has 3 aromatic carbocycles. The number of nitrogens with zero attached hydrogens (tertiary/aromatic N) is 1. The predicted octanol–water partition coefficient (Wildman–Crippen LogP) is 3.96. The molecule has 0 bridgehead atoms. The maximum atomic E-state index is 12.9. The number of carbonyl (C=O) groups excluding carboxylic acids is 5. The van der Waals surface area contributed by atoms with Gasteiger partial charge in [-0.25, -0.2) is 9.59 Å². The van der Waals surface area contributed by atoms with Crippen LogP contribution in [0.5, 0.6) is 11.5 Å². The topological polar surface area (TPSA) is 116 Å². The van der Waals surface area contributed by atoms with Crippen molar-refractivity contribution in [3.05, 3.63) is 95.1 Å². The van der Waals surface area contributed by atoms with E-state index in [9.17, 15) is 24.0 Å². The molecule has 1 aliphatic heterocycles. The lowest BCUT2D eigenvalue weighted by Gasteiger charge is -2.27. The standard InChI is InChI=1S/C29H25NO8/c1-17(2)25(30-26(32)22-9-4-5-10-23(22)27(30)33)29(35)37-16-24(31)18-11-13-20(14-12-18)38-28(34)19-7-6-8-21(15-19)36-3/h4-15,17,25H,16H2,1-3H3/t25-/m0/s1. The molecule has 9 nitrogen and oxygen atoms in total. The Morgan fingerprint density at radius 1 is 0.789 bits per heavy atom. The molecule has 0 saturated heterocycles. The molecular formula is C29H25NO8. The highest BCUT2D eigenvalue weighted by atomic mass is 16.5. The third-order valence-electron chi connectivity index (χ3n) is 6.01. The molecule has 0 radical (unpaired) electrons. The van der Waals surface area contributed by atoms with Crippen LogP contribution in [0.1, 0.15) is 55.3 Å². The van der Waals surface area contributed by atoms with Crippen molar-refractivity contribution in [2.45, 2.75) is 19.9 Å². The van der Waals surface area contributed by atoms with E-state index in [-0.39, 0.29) is 22.4 Å². The third-order valence-corrected chi connectivity index (χ3v) is 6.01. The number of amides is 2. The second kappa shape index (κ2) is 11.1. The number of fused-ring (bicyclic) bond motifs is 1. The first-order chi connectivity index (χ1) is 18.2. The molecule has 1 aliphatic rings. The minimum Gasteiger partial charge on any atom is -0.497 e. The van der Waals surface area contributed by atoms with Gasteiger partial charge in [0.2, 0.25) is 0 Å². The van der Waals surface area contributed by atoms with Gasteiger partial charge in [0, 0.05) is 5.56 Å². The first-order valence-electron chi connectivity index (χ1n) is 11.8. The number of benzene rings is 3. The lowest BCUT2D eigenvalue weighted by molar-refractivity contribution is -0.148. The van der Waals surface area contributed by atoms with Gasteiger partial charge in [-0.15, -0.1) is 0 Å². The fraction of sp³-hybridized carbons (Fsp3) is 0.207. The second-order valence-corrected chi connectivity index (χ2v) is 8.89. The summed E-state index contributed by atoms with van der Waals surface area (Å²) in [4.78, 5) is 64.5. The van der Waals surface area contributed by atoms with Crippen LogP contribution in [0.25, 0.3) is 0 Å². The summed E-state index contributed by atoms with van der Waals surface area (Å²) in [5.74, 6) is -2.82. The Bertz CT molecular complexity index is 1380. The average molecular weight is 516 g/mol. The highest BCUT2D eigenvalue weighted by molar-refractivity contribution is 6.22. The fourth-order valence-electron chi connectivity index (χ4n) is 4.07. The molecule has 0 aromatic heterocycles. The monoisotopic (exact) mass is 515 g/mol. The Hall–Kier alpha value is -4.79. The van der Waals surface area contributed by atoms with E-state index in [1.807, 2.05) is 0 Å². The SMILES string of the molecule is COc1cccc(C(=O)Oc2ccc(C(=O)COC(=O)[C@H](C(C)C)N3C(=O)c4ccccc4C3=O)cc2)c1. The summed E-state index contributed by atoms with van der Waals surface area (Å²) >= 11 is 0. The van der Waals surface area contributed by atoms with Crippen LogP contribution in [0.4, 0.5) is 0 Å². The van der Waals surface area contributed by atoms with Crippen molar-refractivity contribution in [1.82, 2.24) is 4.90 Å². The summed E-state index contributed by atoms with van der Waals surface area (Å²) in [5, 5.41) is 0. The first-order valence-corrected chi connectivity index (χ1v) is 11.8. The first kappa shape index (κ1) is 26.3. The van der Waals surface area contributed by atoms with Crippen molar-refractivity contribution in [3.63, 3.8) is 0 Å². The molecule has 9 heteroatoms. The molecule has 0 saturated carbocycles. The Morgan fingerprint density at radius 2 is 1.42 bits per heavy atom. The zero-order chi connectivity index (χ0) is 27.4. The van der Waals surface area contributed by atoms with Crippen LogP contribution in [-0.2, 0) is 9.53 Å². The quantitative estimate of drug-likeness (QED) is 0.182. The van der Waals surface area contributed by atoms with E-state index >= 15 is 0 Å². The average Bonchev–Trinajstić information content (AvgIpc) is 3.17. The normalized spacial score (nSPS) is 13.2. The summed E-state index contributed by atoms with van der Waals surface area (Å²) in [5.41, 5.74) is 0.966.